The topological polar surface area (TPSA) is 21.3 Å². The van der Waals surface area contributed by atoms with Gasteiger partial charge >= 0.3 is 0 Å². The van der Waals surface area contributed by atoms with Gasteiger partial charge in [0.2, 0.25) is 0 Å². The molecule has 1 aromatic rings. The van der Waals surface area contributed by atoms with Gasteiger partial charge in [-0.05, 0) is 43.8 Å². The molecule has 0 aliphatic heterocycles. The number of hydrogen-bond acceptors (Lipinski definition) is 3. The van der Waals surface area contributed by atoms with Crippen LogP contribution in [0.5, 0.6) is 0 Å². The molecule has 1 unspecified atom stereocenters. The zero-order chi connectivity index (χ0) is 10.4. The summed E-state index contributed by atoms with van der Waals surface area (Å²) in [6.45, 7) is 3.02. The molecule has 2 nitrogen and oxygen atoms in total. The molecule has 80 valence electrons. The summed E-state index contributed by atoms with van der Waals surface area (Å²) in [4.78, 5) is 1.46. The molecule has 1 aromatic heterocycles. The summed E-state index contributed by atoms with van der Waals surface area (Å²) >= 11 is 1.84. The lowest BCUT2D eigenvalue weighted by Crippen LogP contribution is -2.16. The predicted molar refractivity (Wildman–Crippen MR) is 62.0 cm³/mol. The fraction of sp³-hybridized carbons (Fsp3) is 0.636. The fourth-order valence-electron chi connectivity index (χ4n) is 1.58. The number of methoxy groups -OCH3 is 1. The lowest BCUT2D eigenvalue weighted by molar-refractivity contribution is 0.189. The first-order valence-electron chi connectivity index (χ1n) is 4.99. The number of nitrogens with one attached hydrogen (secondary N) is 1. The van der Waals surface area contributed by atoms with E-state index in [1.807, 2.05) is 18.4 Å². The molecule has 0 radical (unpaired) electrons. The highest BCUT2D eigenvalue weighted by Crippen LogP contribution is 2.26. The summed E-state index contributed by atoms with van der Waals surface area (Å²) in [5.74, 6) is 0. The van der Waals surface area contributed by atoms with Crippen LogP contribution in [0.15, 0.2) is 11.4 Å². The molecular formula is C11H19NOS. The van der Waals surface area contributed by atoms with Crippen molar-refractivity contribution < 1.29 is 4.74 Å². The van der Waals surface area contributed by atoms with Crippen molar-refractivity contribution >= 4 is 11.3 Å². The van der Waals surface area contributed by atoms with Crippen LogP contribution in [-0.4, -0.2) is 20.8 Å². The molecule has 1 atom stereocenters. The van der Waals surface area contributed by atoms with Crippen molar-refractivity contribution in [3.63, 3.8) is 0 Å². The largest absolute Gasteiger partial charge is 0.385 e. The first-order chi connectivity index (χ1) is 6.79. The predicted octanol–water partition coefficient (Wildman–Crippen LogP) is 2.74. The van der Waals surface area contributed by atoms with Crippen molar-refractivity contribution in [2.75, 3.05) is 20.8 Å². The van der Waals surface area contributed by atoms with E-state index >= 15 is 0 Å². The summed E-state index contributed by atoms with van der Waals surface area (Å²) in [6.07, 6.45) is 2.26. The van der Waals surface area contributed by atoms with Crippen molar-refractivity contribution in [3.05, 3.63) is 21.9 Å². The third-order valence-corrected chi connectivity index (χ3v) is 3.54. The number of aryl methyl sites for hydroxylation is 1. The Bertz CT molecular complexity index is 260. The molecule has 0 saturated carbocycles. The van der Waals surface area contributed by atoms with Gasteiger partial charge in [0.25, 0.3) is 0 Å². The Balaban J connectivity index is 2.50. The molecule has 0 aromatic carbocycles. The molecule has 1 heterocycles. The van der Waals surface area contributed by atoms with Gasteiger partial charge in [-0.3, -0.25) is 0 Å². The van der Waals surface area contributed by atoms with Crippen LogP contribution in [0.25, 0.3) is 0 Å². The molecule has 1 N–H and O–H groups in total. The fourth-order valence-corrected chi connectivity index (χ4v) is 2.65. The lowest BCUT2D eigenvalue weighted by atomic mass is 10.1. The highest BCUT2D eigenvalue weighted by Gasteiger charge is 2.12. The van der Waals surface area contributed by atoms with Crippen molar-refractivity contribution in [2.45, 2.75) is 25.8 Å². The molecule has 0 spiro atoms. The molecule has 0 saturated heterocycles. The maximum atomic E-state index is 5.06. The van der Waals surface area contributed by atoms with E-state index in [0.717, 1.165) is 19.4 Å². The Hall–Kier alpha value is -0.380. The summed E-state index contributed by atoms with van der Waals surface area (Å²) in [5.41, 5.74) is 1.40. The Morgan fingerprint density at radius 3 is 2.86 bits per heavy atom. The summed E-state index contributed by atoms with van der Waals surface area (Å²) in [5, 5.41) is 5.52. The first-order valence-corrected chi connectivity index (χ1v) is 5.87. The lowest BCUT2D eigenvalue weighted by Gasteiger charge is -2.15. The van der Waals surface area contributed by atoms with E-state index in [0.29, 0.717) is 6.04 Å². The van der Waals surface area contributed by atoms with Gasteiger partial charge in [0.1, 0.15) is 0 Å². The monoisotopic (exact) mass is 213 g/mol. The maximum absolute atomic E-state index is 5.06. The number of thiophene rings is 1. The van der Waals surface area contributed by atoms with E-state index in [9.17, 15) is 0 Å². The minimum Gasteiger partial charge on any atom is -0.385 e. The second-order valence-corrected chi connectivity index (χ2v) is 4.39. The molecule has 0 fully saturated rings. The molecule has 3 heteroatoms. The Labute approximate surface area is 90.3 Å². The van der Waals surface area contributed by atoms with Crippen LogP contribution in [-0.2, 0) is 4.74 Å². The number of hydrogen-bond donors (Lipinski definition) is 1. The average molecular weight is 213 g/mol. The van der Waals surface area contributed by atoms with Gasteiger partial charge in [0.15, 0.2) is 0 Å². The Morgan fingerprint density at radius 1 is 1.57 bits per heavy atom. The molecule has 0 amide bonds. The Morgan fingerprint density at radius 2 is 2.36 bits per heavy atom. The zero-order valence-corrected chi connectivity index (χ0v) is 9.99. The third kappa shape index (κ3) is 3.08. The van der Waals surface area contributed by atoms with E-state index in [1.54, 1.807) is 7.11 Å². The van der Waals surface area contributed by atoms with Crippen molar-refractivity contribution in [3.8, 4) is 0 Å². The average Bonchev–Trinajstić information content (AvgIpc) is 2.60. The first kappa shape index (κ1) is 11.7. The molecular weight excluding hydrogens is 194 g/mol. The molecule has 1 rings (SSSR count). The molecule has 0 bridgehead atoms. The summed E-state index contributed by atoms with van der Waals surface area (Å²) < 4.78 is 5.06. The van der Waals surface area contributed by atoms with E-state index in [-0.39, 0.29) is 0 Å². The van der Waals surface area contributed by atoms with Gasteiger partial charge in [-0.1, -0.05) is 0 Å². The SMILES string of the molecule is CNC(CCCOC)c1sccc1C. The van der Waals surface area contributed by atoms with Crippen LogP contribution >= 0.6 is 11.3 Å². The minimum atomic E-state index is 0.491. The van der Waals surface area contributed by atoms with Gasteiger partial charge in [-0.2, -0.15) is 0 Å². The standard InChI is InChI=1S/C11H19NOS/c1-9-6-8-14-11(9)10(12-2)5-4-7-13-3/h6,8,10,12H,4-5,7H2,1-3H3. The highest BCUT2D eigenvalue weighted by molar-refractivity contribution is 7.10. The van der Waals surface area contributed by atoms with Crippen LogP contribution in [0.2, 0.25) is 0 Å². The zero-order valence-electron chi connectivity index (χ0n) is 9.17. The quantitative estimate of drug-likeness (QED) is 0.734. The second kappa shape index (κ2) is 6.17. The smallest absolute Gasteiger partial charge is 0.0462 e. The van der Waals surface area contributed by atoms with E-state index in [1.165, 1.54) is 10.4 Å². The van der Waals surface area contributed by atoms with Crippen LogP contribution in [0.4, 0.5) is 0 Å². The molecule has 0 aliphatic rings. The van der Waals surface area contributed by atoms with E-state index in [4.69, 9.17) is 4.74 Å². The van der Waals surface area contributed by atoms with E-state index < -0.39 is 0 Å². The summed E-state index contributed by atoms with van der Waals surface area (Å²) in [7, 11) is 3.78. The minimum absolute atomic E-state index is 0.491. The van der Waals surface area contributed by atoms with Crippen LogP contribution in [0, 0.1) is 6.92 Å². The highest BCUT2D eigenvalue weighted by atomic mass is 32.1. The number of ether oxygens (including phenoxy) is 1. The molecule has 0 aliphatic carbocycles. The van der Waals surface area contributed by atoms with Crippen molar-refractivity contribution in [2.24, 2.45) is 0 Å². The van der Waals surface area contributed by atoms with Gasteiger partial charge in [0.05, 0.1) is 0 Å². The normalized spacial score (nSPS) is 13.1. The van der Waals surface area contributed by atoms with Crippen LogP contribution < -0.4 is 5.32 Å². The summed E-state index contributed by atoms with van der Waals surface area (Å²) in [6, 6.07) is 2.67. The molecule has 14 heavy (non-hydrogen) atoms. The van der Waals surface area contributed by atoms with Gasteiger partial charge < -0.3 is 10.1 Å². The van der Waals surface area contributed by atoms with Gasteiger partial charge in [-0.15, -0.1) is 11.3 Å². The number of rotatable bonds is 6. The van der Waals surface area contributed by atoms with Crippen molar-refractivity contribution in [1.82, 2.24) is 5.32 Å². The van der Waals surface area contributed by atoms with Gasteiger partial charge in [0, 0.05) is 24.6 Å². The van der Waals surface area contributed by atoms with Crippen LogP contribution in [0.3, 0.4) is 0 Å². The van der Waals surface area contributed by atoms with Crippen LogP contribution in [0.1, 0.15) is 29.3 Å². The van der Waals surface area contributed by atoms with Gasteiger partial charge in [-0.25, -0.2) is 0 Å². The third-order valence-electron chi connectivity index (χ3n) is 2.41. The Kier molecular flexibility index (Phi) is 5.15. The maximum Gasteiger partial charge on any atom is 0.0462 e. The second-order valence-electron chi connectivity index (χ2n) is 3.44. The van der Waals surface area contributed by atoms with E-state index in [2.05, 4.69) is 23.7 Å². The van der Waals surface area contributed by atoms with Crippen molar-refractivity contribution in [1.29, 1.82) is 0 Å².